The molecule has 0 atom stereocenters. The van der Waals surface area contributed by atoms with Crippen LogP contribution in [0.3, 0.4) is 0 Å². The number of nitrogens with zero attached hydrogens (tertiary/aromatic N) is 1. The molecule has 0 radical (unpaired) electrons. The lowest BCUT2D eigenvalue weighted by molar-refractivity contribution is -0.123. The van der Waals surface area contributed by atoms with E-state index in [0.29, 0.717) is 32.2 Å². The van der Waals surface area contributed by atoms with Crippen LogP contribution in [0.4, 0.5) is 4.79 Å². The SMILES string of the molecule is COc1ccccc1OCCN1C(=O)S/C(=C\c2cc(Br)c(OC(=O)c3cccs3)c(OC)c2)C1=O. The van der Waals surface area contributed by atoms with Gasteiger partial charge in [0.15, 0.2) is 23.0 Å². The minimum atomic E-state index is -0.506. The highest BCUT2D eigenvalue weighted by atomic mass is 79.9. The molecule has 1 saturated heterocycles. The summed E-state index contributed by atoms with van der Waals surface area (Å²) in [5.41, 5.74) is 0.588. The van der Waals surface area contributed by atoms with E-state index in [2.05, 4.69) is 15.9 Å². The summed E-state index contributed by atoms with van der Waals surface area (Å²) in [5, 5.41) is 1.39. The number of esters is 1. The average Bonchev–Trinajstić information content (AvgIpc) is 3.50. The van der Waals surface area contributed by atoms with Gasteiger partial charge in [-0.15, -0.1) is 11.3 Å². The van der Waals surface area contributed by atoms with Crippen LogP contribution in [0.25, 0.3) is 6.08 Å². The third kappa shape index (κ3) is 5.75. The number of hydrogen-bond acceptors (Lipinski definition) is 9. The molecular weight excluding hydrogens is 570 g/mol. The fourth-order valence-corrected chi connectivity index (χ4v) is 5.29. The van der Waals surface area contributed by atoms with E-state index >= 15 is 0 Å². The van der Waals surface area contributed by atoms with Gasteiger partial charge in [0, 0.05) is 0 Å². The van der Waals surface area contributed by atoms with Crippen LogP contribution in [0.15, 0.2) is 63.3 Å². The molecule has 36 heavy (non-hydrogen) atoms. The van der Waals surface area contributed by atoms with E-state index in [9.17, 15) is 14.4 Å². The molecule has 0 aliphatic carbocycles. The van der Waals surface area contributed by atoms with Crippen LogP contribution in [-0.4, -0.2) is 49.4 Å². The van der Waals surface area contributed by atoms with E-state index in [1.54, 1.807) is 47.9 Å². The molecule has 0 saturated carbocycles. The molecule has 1 aromatic heterocycles. The largest absolute Gasteiger partial charge is 0.493 e. The number of thiophene rings is 1. The minimum absolute atomic E-state index is 0.0880. The Bertz CT molecular complexity index is 1320. The zero-order valence-electron chi connectivity index (χ0n) is 19.2. The van der Waals surface area contributed by atoms with Crippen LogP contribution >= 0.6 is 39.0 Å². The second kappa shape index (κ2) is 11.6. The molecule has 0 spiro atoms. The first-order valence-electron chi connectivity index (χ1n) is 10.6. The van der Waals surface area contributed by atoms with Gasteiger partial charge in [-0.3, -0.25) is 14.5 Å². The van der Waals surface area contributed by atoms with E-state index in [1.165, 1.54) is 25.6 Å². The van der Waals surface area contributed by atoms with Crippen LogP contribution < -0.4 is 18.9 Å². The molecule has 4 rings (SSSR count). The van der Waals surface area contributed by atoms with E-state index in [1.807, 2.05) is 12.1 Å². The highest BCUT2D eigenvalue weighted by molar-refractivity contribution is 9.10. The summed E-state index contributed by atoms with van der Waals surface area (Å²) in [6.45, 7) is 0.208. The van der Waals surface area contributed by atoms with Gasteiger partial charge in [-0.2, -0.15) is 0 Å². The Balaban J connectivity index is 1.46. The fraction of sp³-hybridized carbons (Fsp3) is 0.160. The molecule has 2 amide bonds. The third-order valence-corrected chi connectivity index (χ3v) is 7.33. The van der Waals surface area contributed by atoms with Gasteiger partial charge >= 0.3 is 5.97 Å². The van der Waals surface area contributed by atoms with Gasteiger partial charge in [0.05, 0.1) is 30.1 Å². The normalized spacial score (nSPS) is 14.3. The summed E-state index contributed by atoms with van der Waals surface area (Å²) in [4.78, 5) is 39.6. The highest BCUT2D eigenvalue weighted by Crippen LogP contribution is 2.39. The average molecular weight is 590 g/mol. The zero-order chi connectivity index (χ0) is 25.7. The first-order chi connectivity index (χ1) is 17.4. The van der Waals surface area contributed by atoms with Crippen LogP contribution in [0.1, 0.15) is 15.2 Å². The third-order valence-electron chi connectivity index (χ3n) is 4.98. The monoisotopic (exact) mass is 589 g/mol. The van der Waals surface area contributed by atoms with Crippen molar-refractivity contribution in [2.75, 3.05) is 27.4 Å². The standard InChI is InChI=1S/C25H20BrNO7S2/c1-31-17-6-3-4-7-18(17)33-10-9-27-23(28)21(36-25(27)30)14-15-12-16(26)22(19(13-15)32-2)34-24(29)20-8-5-11-35-20/h3-8,11-14H,9-10H2,1-2H3/b21-14-. The number of methoxy groups -OCH3 is 2. The van der Waals surface area contributed by atoms with Crippen molar-refractivity contribution in [1.29, 1.82) is 0 Å². The Hall–Kier alpha value is -3.28. The molecular formula is C25H20BrNO7S2. The number of rotatable bonds is 9. The lowest BCUT2D eigenvalue weighted by Crippen LogP contribution is -2.32. The number of thioether (sulfide) groups is 1. The number of imide groups is 1. The highest BCUT2D eigenvalue weighted by Gasteiger charge is 2.35. The number of ether oxygens (including phenoxy) is 4. The van der Waals surface area contributed by atoms with Crippen molar-refractivity contribution >= 4 is 62.2 Å². The Morgan fingerprint density at radius 2 is 1.78 bits per heavy atom. The zero-order valence-corrected chi connectivity index (χ0v) is 22.4. The number of halogens is 1. The molecule has 2 heterocycles. The molecule has 0 bridgehead atoms. The van der Waals surface area contributed by atoms with E-state index in [4.69, 9.17) is 18.9 Å². The topological polar surface area (TPSA) is 91.4 Å². The lowest BCUT2D eigenvalue weighted by atomic mass is 10.2. The van der Waals surface area contributed by atoms with Crippen LogP contribution in [0.2, 0.25) is 0 Å². The second-order valence-electron chi connectivity index (χ2n) is 7.23. The van der Waals surface area contributed by atoms with Gasteiger partial charge < -0.3 is 18.9 Å². The Labute approximate surface area is 223 Å². The van der Waals surface area contributed by atoms with Crippen molar-refractivity contribution in [3.8, 4) is 23.0 Å². The molecule has 8 nitrogen and oxygen atoms in total. The smallest absolute Gasteiger partial charge is 0.353 e. The van der Waals surface area contributed by atoms with Gasteiger partial charge in [0.2, 0.25) is 0 Å². The Morgan fingerprint density at radius 1 is 1.03 bits per heavy atom. The second-order valence-corrected chi connectivity index (χ2v) is 10.0. The van der Waals surface area contributed by atoms with Crippen molar-refractivity contribution in [1.82, 2.24) is 4.90 Å². The first kappa shape index (κ1) is 25.8. The van der Waals surface area contributed by atoms with Gasteiger partial charge in [0.1, 0.15) is 11.5 Å². The molecule has 0 unspecified atom stereocenters. The number of amides is 2. The quantitative estimate of drug-likeness (QED) is 0.174. The van der Waals surface area contributed by atoms with Crippen molar-refractivity contribution in [3.05, 3.63) is 73.7 Å². The van der Waals surface area contributed by atoms with Gasteiger partial charge in [-0.1, -0.05) is 18.2 Å². The predicted molar refractivity (Wildman–Crippen MR) is 141 cm³/mol. The number of para-hydroxylation sites is 2. The lowest BCUT2D eigenvalue weighted by Gasteiger charge is -2.14. The van der Waals surface area contributed by atoms with Crippen LogP contribution in [0.5, 0.6) is 23.0 Å². The van der Waals surface area contributed by atoms with Crippen molar-refractivity contribution in [3.63, 3.8) is 0 Å². The molecule has 0 N–H and O–H groups in total. The number of carbonyl (C=O) groups is 3. The maximum absolute atomic E-state index is 12.9. The number of hydrogen-bond donors (Lipinski definition) is 0. The molecule has 2 aromatic carbocycles. The molecule has 1 aliphatic rings. The first-order valence-corrected chi connectivity index (χ1v) is 13.0. The number of carbonyl (C=O) groups excluding carboxylic acids is 3. The summed E-state index contributed by atoms with van der Waals surface area (Å²) in [6.07, 6.45) is 1.59. The molecule has 11 heteroatoms. The number of benzene rings is 2. The van der Waals surface area contributed by atoms with Gasteiger partial charge in [0.25, 0.3) is 11.1 Å². The molecule has 1 aliphatic heterocycles. The molecule has 3 aromatic rings. The van der Waals surface area contributed by atoms with Crippen molar-refractivity contribution in [2.24, 2.45) is 0 Å². The summed E-state index contributed by atoms with van der Waals surface area (Å²) in [7, 11) is 2.99. The summed E-state index contributed by atoms with van der Waals surface area (Å²) in [5.74, 6) is 0.680. The van der Waals surface area contributed by atoms with Crippen LogP contribution in [-0.2, 0) is 4.79 Å². The van der Waals surface area contributed by atoms with Gasteiger partial charge in [-0.05, 0) is 75.0 Å². The fourth-order valence-electron chi connectivity index (χ4n) is 3.29. The Kier molecular flexibility index (Phi) is 8.34. The maximum atomic E-state index is 12.9. The van der Waals surface area contributed by atoms with Crippen molar-refractivity contribution < 1.29 is 33.3 Å². The summed E-state index contributed by atoms with van der Waals surface area (Å²) >= 11 is 5.52. The maximum Gasteiger partial charge on any atom is 0.353 e. The Morgan fingerprint density at radius 3 is 2.47 bits per heavy atom. The van der Waals surface area contributed by atoms with E-state index in [0.717, 1.165) is 16.7 Å². The van der Waals surface area contributed by atoms with Crippen LogP contribution in [0, 0.1) is 0 Å². The molecule has 186 valence electrons. The van der Waals surface area contributed by atoms with E-state index < -0.39 is 11.9 Å². The summed E-state index contributed by atoms with van der Waals surface area (Å²) in [6, 6.07) is 13.9. The van der Waals surface area contributed by atoms with E-state index in [-0.39, 0.29) is 29.0 Å². The van der Waals surface area contributed by atoms with Crippen molar-refractivity contribution in [2.45, 2.75) is 0 Å². The minimum Gasteiger partial charge on any atom is -0.493 e. The molecule has 1 fully saturated rings. The summed E-state index contributed by atoms with van der Waals surface area (Å²) < 4.78 is 22.3. The van der Waals surface area contributed by atoms with Gasteiger partial charge in [-0.25, -0.2) is 4.79 Å². The predicted octanol–water partition coefficient (Wildman–Crippen LogP) is 5.86.